The Morgan fingerprint density at radius 1 is 1.19 bits per heavy atom. The number of anilines is 1. The van der Waals surface area contributed by atoms with E-state index >= 15 is 0 Å². The highest BCUT2D eigenvalue weighted by Gasteiger charge is 2.14. The van der Waals surface area contributed by atoms with Crippen LogP contribution in [-0.4, -0.2) is 22.6 Å². The van der Waals surface area contributed by atoms with E-state index in [1.165, 1.54) is 12.8 Å². The van der Waals surface area contributed by atoms with Gasteiger partial charge in [0.05, 0.1) is 18.4 Å². The molecule has 4 rings (SSSR count). The molecule has 1 aliphatic rings. The number of methoxy groups -OCH3 is 1. The zero-order valence-electron chi connectivity index (χ0n) is 15.0. The minimum Gasteiger partial charge on any atom is -0.497 e. The molecule has 0 unspecified atom stereocenters. The van der Waals surface area contributed by atoms with Crippen LogP contribution in [0.2, 0.25) is 0 Å². The molecule has 1 amide bonds. The largest absolute Gasteiger partial charge is 0.497 e. The highest BCUT2D eigenvalue weighted by Crippen LogP contribution is 2.26. The van der Waals surface area contributed by atoms with Crippen molar-refractivity contribution >= 4 is 27.5 Å². The summed E-state index contributed by atoms with van der Waals surface area (Å²) >= 11 is 3.42. The van der Waals surface area contributed by atoms with E-state index in [-0.39, 0.29) is 5.91 Å². The third kappa shape index (κ3) is 3.76. The van der Waals surface area contributed by atoms with Crippen molar-refractivity contribution in [3.8, 4) is 17.0 Å². The van der Waals surface area contributed by atoms with Crippen LogP contribution in [0, 0.1) is 0 Å². The fourth-order valence-corrected chi connectivity index (χ4v) is 3.71. The summed E-state index contributed by atoms with van der Waals surface area (Å²) in [4.78, 5) is 17.3. The van der Waals surface area contributed by atoms with Gasteiger partial charge in [-0.2, -0.15) is 0 Å². The van der Waals surface area contributed by atoms with E-state index in [0.29, 0.717) is 11.3 Å². The normalized spacial score (nSPS) is 13.1. The van der Waals surface area contributed by atoms with Crippen LogP contribution in [0.4, 0.5) is 5.69 Å². The molecule has 2 aromatic carbocycles. The molecule has 1 aliphatic heterocycles. The molecule has 3 aromatic rings. The van der Waals surface area contributed by atoms with Gasteiger partial charge < -0.3 is 14.6 Å². The molecule has 1 N–H and O–H groups in total. The molecule has 0 saturated heterocycles. The number of amides is 1. The highest BCUT2D eigenvalue weighted by atomic mass is 79.9. The number of hydrogen-bond acceptors (Lipinski definition) is 3. The summed E-state index contributed by atoms with van der Waals surface area (Å²) in [5, 5.41) is 2.93. The van der Waals surface area contributed by atoms with E-state index in [9.17, 15) is 4.79 Å². The van der Waals surface area contributed by atoms with Gasteiger partial charge in [0, 0.05) is 34.9 Å². The number of ether oxygens (including phenoxy) is 1. The molecule has 0 atom stereocenters. The van der Waals surface area contributed by atoms with Crippen molar-refractivity contribution < 1.29 is 9.53 Å². The number of carbonyl (C=O) groups is 1. The molecule has 0 aliphatic carbocycles. The Morgan fingerprint density at radius 3 is 2.74 bits per heavy atom. The molecular weight excluding hydrogens is 406 g/mol. The lowest BCUT2D eigenvalue weighted by atomic mass is 10.1. The maximum Gasteiger partial charge on any atom is 0.256 e. The van der Waals surface area contributed by atoms with Crippen molar-refractivity contribution in [2.24, 2.45) is 0 Å². The lowest BCUT2D eigenvalue weighted by Crippen LogP contribution is -2.12. The summed E-state index contributed by atoms with van der Waals surface area (Å²) < 4.78 is 8.17. The summed E-state index contributed by atoms with van der Waals surface area (Å²) in [5.74, 6) is 1.62. The third-order valence-electron chi connectivity index (χ3n) is 4.77. The molecule has 0 saturated carbocycles. The van der Waals surface area contributed by atoms with E-state index in [2.05, 4.69) is 32.0 Å². The van der Waals surface area contributed by atoms with Crippen LogP contribution in [-0.2, 0) is 13.0 Å². The van der Waals surface area contributed by atoms with Gasteiger partial charge in [-0.05, 0) is 59.1 Å². The number of fused-ring (bicyclic) bond motifs is 1. The minimum atomic E-state index is -0.189. The number of imidazole rings is 1. The van der Waals surface area contributed by atoms with Gasteiger partial charge in [0.1, 0.15) is 11.6 Å². The number of nitrogens with one attached hydrogen (secondary N) is 1. The zero-order valence-corrected chi connectivity index (χ0v) is 16.6. The molecule has 138 valence electrons. The van der Waals surface area contributed by atoms with Crippen molar-refractivity contribution in [2.45, 2.75) is 25.8 Å². The second-order valence-corrected chi connectivity index (χ2v) is 7.42. The molecule has 0 fully saturated rings. The molecule has 5 nitrogen and oxygen atoms in total. The van der Waals surface area contributed by atoms with Crippen molar-refractivity contribution in [1.82, 2.24) is 9.55 Å². The van der Waals surface area contributed by atoms with Crippen LogP contribution in [0.5, 0.6) is 5.75 Å². The zero-order chi connectivity index (χ0) is 18.8. The third-order valence-corrected chi connectivity index (χ3v) is 5.46. The Kier molecular flexibility index (Phi) is 4.99. The lowest BCUT2D eigenvalue weighted by Gasteiger charge is -2.11. The number of hydrogen-bond donors (Lipinski definition) is 1. The van der Waals surface area contributed by atoms with E-state index in [1.807, 2.05) is 24.3 Å². The first-order chi connectivity index (χ1) is 13.1. The smallest absolute Gasteiger partial charge is 0.256 e. The van der Waals surface area contributed by atoms with Crippen molar-refractivity contribution in [3.63, 3.8) is 0 Å². The molecular formula is C21H20BrN3O2. The van der Waals surface area contributed by atoms with Crippen LogP contribution >= 0.6 is 15.9 Å². The van der Waals surface area contributed by atoms with Gasteiger partial charge in [0.25, 0.3) is 5.91 Å². The summed E-state index contributed by atoms with van der Waals surface area (Å²) in [6, 6.07) is 13.1. The SMILES string of the molecule is COc1ccc(Br)c(C(=O)Nc2ccc(-c3cn4c(n3)CCCC4)cc2)c1. The Hall–Kier alpha value is -2.60. The molecule has 6 heteroatoms. The van der Waals surface area contributed by atoms with Gasteiger partial charge in [-0.15, -0.1) is 0 Å². The lowest BCUT2D eigenvalue weighted by molar-refractivity contribution is 0.102. The van der Waals surface area contributed by atoms with E-state index in [4.69, 9.17) is 9.72 Å². The second-order valence-electron chi connectivity index (χ2n) is 6.57. The van der Waals surface area contributed by atoms with Gasteiger partial charge >= 0.3 is 0 Å². The quantitative estimate of drug-likeness (QED) is 0.645. The van der Waals surface area contributed by atoms with E-state index in [0.717, 1.165) is 40.2 Å². The number of nitrogens with zero attached hydrogens (tertiary/aromatic N) is 2. The maximum absolute atomic E-state index is 12.6. The average molecular weight is 426 g/mol. The highest BCUT2D eigenvalue weighted by molar-refractivity contribution is 9.10. The van der Waals surface area contributed by atoms with Gasteiger partial charge in [0.15, 0.2) is 0 Å². The fraction of sp³-hybridized carbons (Fsp3) is 0.238. The number of halogens is 1. The first kappa shape index (κ1) is 17.8. The topological polar surface area (TPSA) is 56.1 Å². The van der Waals surface area contributed by atoms with Gasteiger partial charge in [-0.25, -0.2) is 4.98 Å². The predicted octanol–water partition coefficient (Wildman–Crippen LogP) is 4.91. The summed E-state index contributed by atoms with van der Waals surface area (Å²) in [7, 11) is 1.58. The summed E-state index contributed by atoms with van der Waals surface area (Å²) in [5.41, 5.74) is 3.31. The Balaban J connectivity index is 1.51. The minimum absolute atomic E-state index is 0.189. The maximum atomic E-state index is 12.6. The first-order valence-corrected chi connectivity index (χ1v) is 9.75. The number of aromatic nitrogens is 2. The van der Waals surface area contributed by atoms with Crippen molar-refractivity contribution in [2.75, 3.05) is 12.4 Å². The molecule has 0 spiro atoms. The van der Waals surface area contributed by atoms with Gasteiger partial charge in [-0.3, -0.25) is 4.79 Å². The fourth-order valence-electron chi connectivity index (χ4n) is 3.28. The van der Waals surface area contributed by atoms with Gasteiger partial charge in [0.2, 0.25) is 0 Å². The molecule has 0 bridgehead atoms. The second kappa shape index (κ2) is 7.56. The average Bonchev–Trinajstić information content (AvgIpc) is 3.13. The van der Waals surface area contributed by atoms with Crippen LogP contribution in [0.3, 0.4) is 0 Å². The van der Waals surface area contributed by atoms with Crippen LogP contribution in [0.1, 0.15) is 29.0 Å². The first-order valence-electron chi connectivity index (χ1n) is 8.95. The Bertz CT molecular complexity index is 956. The monoisotopic (exact) mass is 425 g/mol. The Labute approximate surface area is 166 Å². The summed E-state index contributed by atoms with van der Waals surface area (Å²) in [6.07, 6.45) is 5.59. The van der Waals surface area contributed by atoms with Crippen LogP contribution < -0.4 is 10.1 Å². The van der Waals surface area contributed by atoms with Crippen LogP contribution in [0.15, 0.2) is 53.1 Å². The van der Waals surface area contributed by atoms with Crippen molar-refractivity contribution in [1.29, 1.82) is 0 Å². The number of benzene rings is 2. The molecule has 2 heterocycles. The number of carbonyl (C=O) groups excluding carboxylic acids is 1. The number of rotatable bonds is 4. The standard InChI is InChI=1S/C21H20BrN3O2/c1-27-16-9-10-18(22)17(12-16)21(26)23-15-7-5-14(6-8-15)19-13-25-11-3-2-4-20(25)24-19/h5-10,12-13H,2-4,11H2,1H3,(H,23,26). The molecule has 0 radical (unpaired) electrons. The van der Waals surface area contributed by atoms with E-state index < -0.39 is 0 Å². The van der Waals surface area contributed by atoms with E-state index in [1.54, 1.807) is 25.3 Å². The Morgan fingerprint density at radius 2 is 2.00 bits per heavy atom. The molecule has 1 aromatic heterocycles. The summed E-state index contributed by atoms with van der Waals surface area (Å²) in [6.45, 7) is 1.05. The predicted molar refractivity (Wildman–Crippen MR) is 109 cm³/mol. The number of aryl methyl sites for hydroxylation is 2. The van der Waals surface area contributed by atoms with Crippen molar-refractivity contribution in [3.05, 3.63) is 64.5 Å². The molecule has 27 heavy (non-hydrogen) atoms. The van der Waals surface area contributed by atoms with Gasteiger partial charge in [-0.1, -0.05) is 12.1 Å². The van der Waals surface area contributed by atoms with Crippen LogP contribution in [0.25, 0.3) is 11.3 Å².